The summed E-state index contributed by atoms with van der Waals surface area (Å²) in [6.07, 6.45) is 3.12. The maximum atomic E-state index is 12.0. The van der Waals surface area contributed by atoms with Gasteiger partial charge in [0.2, 0.25) is 11.8 Å². The van der Waals surface area contributed by atoms with Crippen molar-refractivity contribution in [2.45, 2.75) is 45.2 Å². The molecule has 1 saturated carbocycles. The van der Waals surface area contributed by atoms with Crippen LogP contribution < -0.4 is 5.32 Å². The van der Waals surface area contributed by atoms with E-state index in [0.29, 0.717) is 18.3 Å². The molecular weight excluding hydrogens is 244 g/mol. The number of carbonyl (C=O) groups is 1. The lowest BCUT2D eigenvalue weighted by atomic mass is 9.84. The highest BCUT2D eigenvalue weighted by Crippen LogP contribution is 2.28. The van der Waals surface area contributed by atoms with Crippen molar-refractivity contribution in [3.8, 4) is 0 Å². The van der Waals surface area contributed by atoms with Gasteiger partial charge in [-0.25, -0.2) is 0 Å². The van der Waals surface area contributed by atoms with Gasteiger partial charge >= 0.3 is 0 Å². The third-order valence-corrected chi connectivity index (χ3v) is 3.39. The molecule has 1 aromatic rings. The molecule has 0 unspecified atom stereocenters. The van der Waals surface area contributed by atoms with Gasteiger partial charge in [-0.3, -0.25) is 4.79 Å². The summed E-state index contributed by atoms with van der Waals surface area (Å²) >= 11 is 0. The fourth-order valence-corrected chi connectivity index (χ4v) is 1.98. The Labute approximate surface area is 113 Å². The molecule has 0 aliphatic heterocycles. The van der Waals surface area contributed by atoms with Gasteiger partial charge in [-0.05, 0) is 40.8 Å². The number of hydrogen-bond donors (Lipinski definition) is 1. The van der Waals surface area contributed by atoms with E-state index in [4.69, 9.17) is 4.52 Å². The minimum absolute atomic E-state index is 0.0928. The number of carbonyl (C=O) groups excluding carboxylic acids is 1. The highest BCUT2D eigenvalue weighted by Gasteiger charge is 2.33. The van der Waals surface area contributed by atoms with Crippen molar-refractivity contribution in [2.24, 2.45) is 5.92 Å². The second-order valence-electron chi connectivity index (χ2n) is 5.99. The van der Waals surface area contributed by atoms with E-state index >= 15 is 0 Å². The lowest BCUT2D eigenvalue weighted by Crippen LogP contribution is -2.46. The van der Waals surface area contributed by atoms with E-state index in [-0.39, 0.29) is 11.8 Å². The normalized spacial score (nSPS) is 16.5. The molecule has 1 N–H and O–H groups in total. The minimum Gasteiger partial charge on any atom is -0.344 e. The number of hydrogen-bond acceptors (Lipinski definition) is 5. The molecule has 1 aliphatic rings. The van der Waals surface area contributed by atoms with Gasteiger partial charge in [0.25, 0.3) is 0 Å². The predicted octanol–water partition coefficient (Wildman–Crippen LogP) is 1.28. The Balaban J connectivity index is 2.01. The molecule has 1 aliphatic carbocycles. The molecule has 0 radical (unpaired) electrons. The third kappa shape index (κ3) is 3.32. The molecule has 0 atom stereocenters. The number of rotatable bonds is 5. The average molecular weight is 266 g/mol. The molecule has 1 aromatic heterocycles. The number of nitrogens with zero attached hydrogens (tertiary/aromatic N) is 3. The maximum Gasteiger partial charge on any atom is 0.240 e. The Kier molecular flexibility index (Phi) is 3.89. The van der Waals surface area contributed by atoms with E-state index in [2.05, 4.69) is 15.5 Å². The fraction of sp³-hybridized carbons (Fsp3) is 0.769. The summed E-state index contributed by atoms with van der Waals surface area (Å²) in [5, 5.41) is 6.97. The van der Waals surface area contributed by atoms with Crippen molar-refractivity contribution in [1.82, 2.24) is 20.4 Å². The van der Waals surface area contributed by atoms with E-state index < -0.39 is 5.54 Å². The molecule has 19 heavy (non-hydrogen) atoms. The van der Waals surface area contributed by atoms with Crippen molar-refractivity contribution in [1.29, 1.82) is 0 Å². The summed E-state index contributed by atoms with van der Waals surface area (Å²) < 4.78 is 5.19. The Morgan fingerprint density at radius 2 is 2.16 bits per heavy atom. The molecule has 1 heterocycles. The van der Waals surface area contributed by atoms with Gasteiger partial charge in [-0.2, -0.15) is 4.98 Å². The molecular formula is C13H22N4O2. The summed E-state index contributed by atoms with van der Waals surface area (Å²) in [6, 6.07) is 0. The number of nitrogens with one attached hydrogen (secondary N) is 1. The van der Waals surface area contributed by atoms with E-state index in [1.807, 2.05) is 32.8 Å². The van der Waals surface area contributed by atoms with Crippen LogP contribution in [0.2, 0.25) is 0 Å². The second-order valence-corrected chi connectivity index (χ2v) is 5.99. The summed E-state index contributed by atoms with van der Waals surface area (Å²) in [6.45, 7) is 4.39. The standard InChI is InChI=1S/C13H22N4O2/c1-13(2,15-11(18)9-6-5-7-9)12-14-10(19-16-12)8-17(3)4/h9H,5-8H2,1-4H3,(H,15,18). The van der Waals surface area contributed by atoms with Crippen LogP contribution in [-0.2, 0) is 16.9 Å². The summed E-state index contributed by atoms with van der Waals surface area (Å²) in [5.74, 6) is 1.34. The molecule has 6 heteroatoms. The molecule has 0 saturated heterocycles. The van der Waals surface area contributed by atoms with Crippen LogP contribution in [-0.4, -0.2) is 35.0 Å². The number of aromatic nitrogens is 2. The molecule has 2 rings (SSSR count). The first kappa shape index (κ1) is 14.0. The van der Waals surface area contributed by atoms with E-state index in [0.717, 1.165) is 19.3 Å². The second kappa shape index (κ2) is 5.28. The minimum atomic E-state index is -0.596. The lowest BCUT2D eigenvalue weighted by Gasteiger charge is -2.29. The van der Waals surface area contributed by atoms with Crippen LogP contribution >= 0.6 is 0 Å². The molecule has 106 valence electrons. The van der Waals surface area contributed by atoms with Gasteiger partial charge in [0.15, 0.2) is 5.82 Å². The van der Waals surface area contributed by atoms with Crippen LogP contribution in [0.15, 0.2) is 4.52 Å². The summed E-state index contributed by atoms with van der Waals surface area (Å²) in [4.78, 5) is 18.3. The highest BCUT2D eigenvalue weighted by atomic mass is 16.5. The van der Waals surface area contributed by atoms with Crippen LogP contribution in [0.5, 0.6) is 0 Å². The van der Waals surface area contributed by atoms with E-state index in [1.54, 1.807) is 0 Å². The van der Waals surface area contributed by atoms with Crippen molar-refractivity contribution in [3.05, 3.63) is 11.7 Å². The Bertz CT molecular complexity index is 449. The van der Waals surface area contributed by atoms with Gasteiger partial charge < -0.3 is 14.7 Å². The zero-order valence-corrected chi connectivity index (χ0v) is 12.1. The van der Waals surface area contributed by atoms with Crippen molar-refractivity contribution < 1.29 is 9.32 Å². The van der Waals surface area contributed by atoms with Gasteiger partial charge in [-0.15, -0.1) is 0 Å². The number of amides is 1. The molecule has 6 nitrogen and oxygen atoms in total. The van der Waals surface area contributed by atoms with Crippen LogP contribution in [0.3, 0.4) is 0 Å². The Morgan fingerprint density at radius 1 is 1.47 bits per heavy atom. The largest absolute Gasteiger partial charge is 0.344 e. The SMILES string of the molecule is CN(C)Cc1nc(C(C)(C)NC(=O)C2CCC2)no1. The van der Waals surface area contributed by atoms with Crippen LogP contribution in [0, 0.1) is 5.92 Å². The zero-order chi connectivity index (χ0) is 14.0. The zero-order valence-electron chi connectivity index (χ0n) is 12.1. The third-order valence-electron chi connectivity index (χ3n) is 3.39. The molecule has 0 bridgehead atoms. The lowest BCUT2D eigenvalue weighted by molar-refractivity contribution is -0.129. The van der Waals surface area contributed by atoms with Crippen molar-refractivity contribution >= 4 is 5.91 Å². The molecule has 1 fully saturated rings. The fourth-order valence-electron chi connectivity index (χ4n) is 1.98. The van der Waals surface area contributed by atoms with Crippen LogP contribution in [0.25, 0.3) is 0 Å². The predicted molar refractivity (Wildman–Crippen MR) is 70.2 cm³/mol. The van der Waals surface area contributed by atoms with Gasteiger partial charge in [0, 0.05) is 5.92 Å². The van der Waals surface area contributed by atoms with Gasteiger partial charge in [0.05, 0.1) is 12.1 Å². The van der Waals surface area contributed by atoms with Crippen LogP contribution in [0.4, 0.5) is 0 Å². The Hall–Kier alpha value is -1.43. The average Bonchev–Trinajstić information content (AvgIpc) is 2.61. The van der Waals surface area contributed by atoms with Gasteiger partial charge in [0.1, 0.15) is 0 Å². The van der Waals surface area contributed by atoms with Crippen LogP contribution in [0.1, 0.15) is 44.8 Å². The summed E-state index contributed by atoms with van der Waals surface area (Å²) in [5.41, 5.74) is -0.596. The first-order valence-electron chi connectivity index (χ1n) is 6.68. The van der Waals surface area contributed by atoms with Gasteiger partial charge in [-0.1, -0.05) is 11.6 Å². The topological polar surface area (TPSA) is 71.3 Å². The van der Waals surface area contributed by atoms with E-state index in [9.17, 15) is 4.79 Å². The molecule has 0 spiro atoms. The van der Waals surface area contributed by atoms with Crippen molar-refractivity contribution in [3.63, 3.8) is 0 Å². The quantitative estimate of drug-likeness (QED) is 0.869. The maximum absolute atomic E-state index is 12.0. The van der Waals surface area contributed by atoms with E-state index in [1.165, 1.54) is 0 Å². The Morgan fingerprint density at radius 3 is 2.68 bits per heavy atom. The first-order valence-corrected chi connectivity index (χ1v) is 6.68. The smallest absolute Gasteiger partial charge is 0.240 e. The highest BCUT2D eigenvalue weighted by molar-refractivity contribution is 5.80. The summed E-state index contributed by atoms with van der Waals surface area (Å²) in [7, 11) is 3.88. The molecule has 1 amide bonds. The van der Waals surface area contributed by atoms with Crippen molar-refractivity contribution in [2.75, 3.05) is 14.1 Å². The monoisotopic (exact) mass is 266 g/mol. The first-order chi connectivity index (χ1) is 8.88. The molecule has 0 aromatic carbocycles.